The van der Waals surface area contributed by atoms with Crippen LogP contribution in [0.25, 0.3) is 11.3 Å². The van der Waals surface area contributed by atoms with E-state index in [9.17, 15) is 13.6 Å². The molecule has 0 saturated carbocycles. The molecule has 168 valence electrons. The highest BCUT2D eigenvalue weighted by molar-refractivity contribution is 5.76. The number of carbonyl (C=O) groups excluding carboxylic acids is 1. The van der Waals surface area contributed by atoms with Crippen molar-refractivity contribution in [1.82, 2.24) is 15.2 Å². The van der Waals surface area contributed by atoms with E-state index in [1.165, 1.54) is 24.4 Å². The molecule has 1 aliphatic rings. The minimum Gasteiger partial charge on any atom is -0.441 e. The molecule has 0 radical (unpaired) electrons. The molecule has 8 heteroatoms. The number of hydrogen-bond acceptors (Lipinski definition) is 5. The normalized spacial score (nSPS) is 15.4. The van der Waals surface area contributed by atoms with Crippen molar-refractivity contribution in [2.45, 2.75) is 18.9 Å². The lowest BCUT2D eigenvalue weighted by Gasteiger charge is -2.35. The van der Waals surface area contributed by atoms with Crippen LogP contribution in [0.1, 0.15) is 23.9 Å². The van der Waals surface area contributed by atoms with Gasteiger partial charge in [-0.25, -0.2) is 13.8 Å². The summed E-state index contributed by atoms with van der Waals surface area (Å²) in [6.07, 6.45) is 1.93. The molecule has 0 aliphatic carbocycles. The van der Waals surface area contributed by atoms with E-state index in [0.29, 0.717) is 56.5 Å². The van der Waals surface area contributed by atoms with Crippen LogP contribution in [0.5, 0.6) is 0 Å². The van der Waals surface area contributed by atoms with Crippen molar-refractivity contribution in [3.8, 4) is 11.3 Å². The largest absolute Gasteiger partial charge is 0.441 e. The average molecular weight is 441 g/mol. The van der Waals surface area contributed by atoms with Crippen molar-refractivity contribution in [2.75, 3.05) is 32.8 Å². The number of carbonyl (C=O) groups is 1. The Labute approximate surface area is 185 Å². The number of ether oxygens (including phenoxy) is 1. The number of benzene rings is 2. The number of rotatable bonds is 8. The molecular weight excluding hydrogens is 416 g/mol. The van der Waals surface area contributed by atoms with Gasteiger partial charge in [0.2, 0.25) is 5.91 Å². The summed E-state index contributed by atoms with van der Waals surface area (Å²) >= 11 is 0. The second-order valence-electron chi connectivity index (χ2n) is 7.62. The van der Waals surface area contributed by atoms with Crippen LogP contribution in [0.2, 0.25) is 0 Å². The number of nitrogens with zero attached hydrogens (tertiary/aromatic N) is 2. The number of hydrogen-bond donors (Lipinski definition) is 1. The number of aromatic nitrogens is 1. The van der Waals surface area contributed by atoms with Gasteiger partial charge in [0.05, 0.1) is 31.0 Å². The summed E-state index contributed by atoms with van der Waals surface area (Å²) < 4.78 is 38.7. The van der Waals surface area contributed by atoms with Gasteiger partial charge in [-0.1, -0.05) is 24.3 Å². The molecule has 3 aromatic rings. The predicted molar refractivity (Wildman–Crippen MR) is 115 cm³/mol. The van der Waals surface area contributed by atoms with Gasteiger partial charge in [0.25, 0.3) is 0 Å². The van der Waals surface area contributed by atoms with Crippen molar-refractivity contribution >= 4 is 5.91 Å². The van der Waals surface area contributed by atoms with Gasteiger partial charge < -0.3 is 14.5 Å². The number of halogens is 2. The smallest absolute Gasteiger partial charge is 0.220 e. The molecule has 32 heavy (non-hydrogen) atoms. The summed E-state index contributed by atoms with van der Waals surface area (Å²) in [4.78, 5) is 18.8. The first-order valence-corrected chi connectivity index (χ1v) is 10.6. The third-order valence-electron chi connectivity index (χ3n) is 5.47. The van der Waals surface area contributed by atoms with Gasteiger partial charge in [-0.05, 0) is 29.8 Å². The van der Waals surface area contributed by atoms with E-state index in [1.807, 2.05) is 6.07 Å². The van der Waals surface area contributed by atoms with Crippen LogP contribution in [0.15, 0.2) is 59.1 Å². The fraction of sp³-hybridized carbons (Fsp3) is 0.333. The maximum atomic E-state index is 13.9. The molecular formula is C24H25F2N3O3. The van der Waals surface area contributed by atoms with Gasteiger partial charge in [-0.3, -0.25) is 9.69 Å². The Morgan fingerprint density at radius 1 is 1.12 bits per heavy atom. The van der Waals surface area contributed by atoms with Gasteiger partial charge in [0.1, 0.15) is 11.6 Å². The molecule has 1 N–H and O–H groups in total. The molecule has 1 saturated heterocycles. The van der Waals surface area contributed by atoms with Crippen LogP contribution in [-0.4, -0.2) is 48.6 Å². The Balaban J connectivity index is 1.34. The van der Waals surface area contributed by atoms with Gasteiger partial charge >= 0.3 is 0 Å². The highest BCUT2D eigenvalue weighted by Crippen LogP contribution is 2.24. The van der Waals surface area contributed by atoms with Gasteiger partial charge in [0.15, 0.2) is 11.7 Å². The summed E-state index contributed by atoms with van der Waals surface area (Å²) in [5.41, 5.74) is 1.15. The fourth-order valence-electron chi connectivity index (χ4n) is 3.79. The summed E-state index contributed by atoms with van der Waals surface area (Å²) in [6, 6.07) is 12.6. The second kappa shape index (κ2) is 10.5. The molecule has 1 aliphatic heterocycles. The monoisotopic (exact) mass is 441 g/mol. The number of morpholine rings is 1. The Morgan fingerprint density at radius 2 is 1.94 bits per heavy atom. The Hall–Kier alpha value is -3.10. The predicted octanol–water partition coefficient (Wildman–Crippen LogP) is 3.74. The lowest BCUT2D eigenvalue weighted by atomic mass is 10.0. The van der Waals surface area contributed by atoms with Gasteiger partial charge in [-0.2, -0.15) is 0 Å². The van der Waals surface area contributed by atoms with Crippen molar-refractivity contribution < 1.29 is 22.7 Å². The van der Waals surface area contributed by atoms with E-state index in [1.54, 1.807) is 24.3 Å². The first-order chi connectivity index (χ1) is 15.6. The lowest BCUT2D eigenvalue weighted by molar-refractivity contribution is -0.121. The third-order valence-corrected chi connectivity index (χ3v) is 5.47. The quantitative estimate of drug-likeness (QED) is 0.577. The van der Waals surface area contributed by atoms with Crippen LogP contribution in [0.4, 0.5) is 8.78 Å². The Bertz CT molecular complexity index is 1050. The highest BCUT2D eigenvalue weighted by atomic mass is 19.1. The fourth-order valence-corrected chi connectivity index (χ4v) is 3.79. The highest BCUT2D eigenvalue weighted by Gasteiger charge is 2.23. The minimum atomic E-state index is -0.389. The summed E-state index contributed by atoms with van der Waals surface area (Å²) in [5, 5.41) is 2.94. The maximum Gasteiger partial charge on any atom is 0.220 e. The number of oxazole rings is 1. The van der Waals surface area contributed by atoms with Gasteiger partial charge in [0, 0.05) is 32.5 Å². The molecule has 4 rings (SSSR count). The molecule has 1 fully saturated rings. The number of nitrogens with one attached hydrogen (secondary N) is 1. The van der Waals surface area contributed by atoms with Crippen LogP contribution < -0.4 is 5.32 Å². The van der Waals surface area contributed by atoms with Crippen molar-refractivity contribution in [2.24, 2.45) is 0 Å². The Kier molecular flexibility index (Phi) is 7.24. The van der Waals surface area contributed by atoms with E-state index in [2.05, 4.69) is 15.2 Å². The molecule has 1 amide bonds. The molecule has 6 nitrogen and oxygen atoms in total. The van der Waals surface area contributed by atoms with Crippen LogP contribution in [0, 0.1) is 11.6 Å². The number of amides is 1. The molecule has 2 aromatic carbocycles. The molecule has 1 atom stereocenters. The van der Waals surface area contributed by atoms with E-state index < -0.39 is 0 Å². The van der Waals surface area contributed by atoms with E-state index >= 15 is 0 Å². The summed E-state index contributed by atoms with van der Waals surface area (Å²) in [5.74, 6) is -0.156. The van der Waals surface area contributed by atoms with E-state index in [4.69, 9.17) is 9.15 Å². The zero-order valence-electron chi connectivity index (χ0n) is 17.6. The first-order valence-electron chi connectivity index (χ1n) is 10.6. The zero-order chi connectivity index (χ0) is 22.3. The lowest BCUT2D eigenvalue weighted by Crippen LogP contribution is -2.43. The summed E-state index contributed by atoms with van der Waals surface area (Å²) in [6.45, 7) is 3.00. The molecule has 0 bridgehead atoms. The maximum absolute atomic E-state index is 13.9. The second-order valence-corrected chi connectivity index (χ2v) is 7.62. The van der Waals surface area contributed by atoms with Crippen LogP contribution in [-0.2, 0) is 16.0 Å². The van der Waals surface area contributed by atoms with Gasteiger partial charge in [-0.15, -0.1) is 0 Å². The first kappa shape index (κ1) is 22.1. The Morgan fingerprint density at radius 3 is 2.72 bits per heavy atom. The van der Waals surface area contributed by atoms with Crippen molar-refractivity contribution in [3.05, 3.63) is 77.8 Å². The molecule has 0 spiro atoms. The van der Waals surface area contributed by atoms with Crippen LogP contribution in [0.3, 0.4) is 0 Å². The minimum absolute atomic E-state index is 0.145. The zero-order valence-corrected chi connectivity index (χ0v) is 17.6. The average Bonchev–Trinajstić information content (AvgIpc) is 3.28. The third kappa shape index (κ3) is 5.57. The summed E-state index contributed by atoms with van der Waals surface area (Å²) in [7, 11) is 0. The van der Waals surface area contributed by atoms with E-state index in [0.717, 1.165) is 5.56 Å². The topological polar surface area (TPSA) is 67.6 Å². The van der Waals surface area contributed by atoms with Crippen molar-refractivity contribution in [1.29, 1.82) is 0 Å². The SMILES string of the molecule is O=C(CCc1ncc(-c2ccccc2F)o1)NCC(c1cccc(F)c1)N1CCOCC1. The number of aryl methyl sites for hydroxylation is 1. The van der Waals surface area contributed by atoms with Crippen molar-refractivity contribution in [3.63, 3.8) is 0 Å². The molecule has 2 heterocycles. The van der Waals surface area contributed by atoms with Crippen LogP contribution >= 0.6 is 0 Å². The standard InChI is InChI=1S/C24H25F2N3O3/c25-18-5-3-4-17(14-18)21(29-10-12-31-13-11-29)15-27-23(30)8-9-24-28-16-22(32-24)19-6-1-2-7-20(19)26/h1-7,14,16,21H,8-13,15H2,(H,27,30). The molecule has 1 unspecified atom stereocenters. The van der Waals surface area contributed by atoms with E-state index in [-0.39, 0.29) is 30.0 Å². The molecule has 1 aromatic heterocycles.